The van der Waals surface area contributed by atoms with Gasteiger partial charge in [0, 0.05) is 25.7 Å². The second-order valence-corrected chi connectivity index (χ2v) is 5.70. The summed E-state index contributed by atoms with van der Waals surface area (Å²) in [5.74, 6) is 0.760. The van der Waals surface area contributed by atoms with Crippen LogP contribution < -0.4 is 5.69 Å². The number of aryl methyl sites for hydroxylation is 1. The predicted octanol–water partition coefficient (Wildman–Crippen LogP) is 1.74. The maximum Gasteiger partial charge on any atom is 0.326 e. The molecule has 1 aliphatic rings. The highest BCUT2D eigenvalue weighted by atomic mass is 16.2. The monoisotopic (exact) mass is 273 g/mol. The number of carbonyl (C=O) groups excluding carboxylic acids is 1. The zero-order valence-electron chi connectivity index (χ0n) is 11.8. The summed E-state index contributed by atoms with van der Waals surface area (Å²) in [5.41, 5.74) is 2.03. The summed E-state index contributed by atoms with van der Waals surface area (Å²) in [4.78, 5) is 28.7. The van der Waals surface area contributed by atoms with Gasteiger partial charge in [0.25, 0.3) is 5.91 Å². The van der Waals surface area contributed by atoms with Gasteiger partial charge in [-0.1, -0.05) is 6.92 Å². The largest absolute Gasteiger partial charge is 0.339 e. The molecule has 5 nitrogen and oxygen atoms in total. The van der Waals surface area contributed by atoms with Crippen LogP contribution in [0.4, 0.5) is 0 Å². The first-order valence-corrected chi connectivity index (χ1v) is 7.04. The molecule has 106 valence electrons. The summed E-state index contributed by atoms with van der Waals surface area (Å²) in [7, 11) is 1.72. The molecule has 3 rings (SSSR count). The van der Waals surface area contributed by atoms with Gasteiger partial charge in [-0.05, 0) is 37.0 Å². The van der Waals surface area contributed by atoms with Crippen LogP contribution in [0.3, 0.4) is 0 Å². The molecular formula is C15H19N3O2. The third kappa shape index (κ3) is 2.13. The number of aromatic amines is 1. The quantitative estimate of drug-likeness (QED) is 0.860. The van der Waals surface area contributed by atoms with Crippen molar-refractivity contribution in [3.8, 4) is 0 Å². The third-order valence-electron chi connectivity index (χ3n) is 4.22. The molecule has 0 bridgehead atoms. The van der Waals surface area contributed by atoms with Gasteiger partial charge >= 0.3 is 5.69 Å². The molecule has 0 radical (unpaired) electrons. The maximum atomic E-state index is 12.5. The molecule has 2 aromatic rings. The second kappa shape index (κ2) is 4.81. The molecule has 2 heterocycles. The number of nitrogens with zero attached hydrogens (tertiary/aromatic N) is 2. The zero-order valence-corrected chi connectivity index (χ0v) is 11.8. The highest BCUT2D eigenvalue weighted by Crippen LogP contribution is 2.19. The fraction of sp³-hybridized carbons (Fsp3) is 0.467. The van der Waals surface area contributed by atoms with Crippen molar-refractivity contribution in [3.05, 3.63) is 34.2 Å². The molecule has 0 atom stereocenters. The number of hydrogen-bond donors (Lipinski definition) is 1. The molecule has 1 fully saturated rings. The molecule has 1 aromatic heterocycles. The Bertz CT molecular complexity index is 705. The molecule has 1 aromatic carbocycles. The van der Waals surface area contributed by atoms with E-state index in [0.717, 1.165) is 31.4 Å². The fourth-order valence-corrected chi connectivity index (χ4v) is 2.76. The van der Waals surface area contributed by atoms with Gasteiger partial charge in [0.2, 0.25) is 0 Å². The minimum atomic E-state index is -0.156. The minimum absolute atomic E-state index is 0.0588. The number of amides is 1. The lowest BCUT2D eigenvalue weighted by atomic mass is 9.98. The highest BCUT2D eigenvalue weighted by molar-refractivity contribution is 5.97. The third-order valence-corrected chi connectivity index (χ3v) is 4.22. The van der Waals surface area contributed by atoms with E-state index in [-0.39, 0.29) is 11.6 Å². The number of benzene rings is 1. The van der Waals surface area contributed by atoms with Crippen LogP contribution in [0.25, 0.3) is 11.0 Å². The first kappa shape index (κ1) is 13.0. The van der Waals surface area contributed by atoms with Crippen molar-refractivity contribution in [2.45, 2.75) is 19.8 Å². The number of H-pyrrole nitrogens is 1. The van der Waals surface area contributed by atoms with E-state index in [1.807, 2.05) is 11.0 Å². The van der Waals surface area contributed by atoms with Crippen molar-refractivity contribution in [2.24, 2.45) is 13.0 Å². The Morgan fingerprint density at radius 2 is 2.00 bits per heavy atom. The van der Waals surface area contributed by atoms with Gasteiger partial charge in [-0.15, -0.1) is 0 Å². The SMILES string of the molecule is CC1CCN(C(=O)c2ccc3c(c2)[nH]c(=O)n3C)CC1. The Hall–Kier alpha value is -2.04. The van der Waals surface area contributed by atoms with Crippen LogP contribution >= 0.6 is 0 Å². The number of fused-ring (bicyclic) bond motifs is 1. The fourth-order valence-electron chi connectivity index (χ4n) is 2.76. The van der Waals surface area contributed by atoms with Crippen molar-refractivity contribution < 1.29 is 4.79 Å². The normalized spacial score (nSPS) is 16.8. The van der Waals surface area contributed by atoms with Crippen LogP contribution in [0.5, 0.6) is 0 Å². The summed E-state index contributed by atoms with van der Waals surface area (Å²) in [6.45, 7) is 3.87. The van der Waals surface area contributed by atoms with E-state index in [2.05, 4.69) is 11.9 Å². The molecule has 1 amide bonds. The molecule has 1 aliphatic heterocycles. The minimum Gasteiger partial charge on any atom is -0.339 e. The lowest BCUT2D eigenvalue weighted by Crippen LogP contribution is -2.37. The average Bonchev–Trinajstić information content (AvgIpc) is 2.74. The van der Waals surface area contributed by atoms with Crippen LogP contribution in [0.2, 0.25) is 0 Å². The van der Waals surface area contributed by atoms with Crippen LogP contribution in [-0.2, 0) is 7.05 Å². The highest BCUT2D eigenvalue weighted by Gasteiger charge is 2.21. The standard InChI is InChI=1S/C15H19N3O2/c1-10-5-7-18(8-6-10)14(19)11-3-4-13-12(9-11)16-15(20)17(13)2/h3-4,9-10H,5-8H2,1-2H3,(H,16,20). The average molecular weight is 273 g/mol. The van der Waals surface area contributed by atoms with E-state index in [9.17, 15) is 9.59 Å². The van der Waals surface area contributed by atoms with Crippen molar-refractivity contribution in [1.82, 2.24) is 14.5 Å². The van der Waals surface area contributed by atoms with Gasteiger partial charge in [0.15, 0.2) is 0 Å². The van der Waals surface area contributed by atoms with E-state index in [1.54, 1.807) is 23.7 Å². The lowest BCUT2D eigenvalue weighted by molar-refractivity contribution is 0.0697. The number of hydrogen-bond acceptors (Lipinski definition) is 2. The number of likely N-dealkylation sites (tertiary alicyclic amines) is 1. The molecule has 0 spiro atoms. The first-order valence-electron chi connectivity index (χ1n) is 7.04. The zero-order chi connectivity index (χ0) is 14.3. The molecule has 0 saturated carbocycles. The Balaban J connectivity index is 1.90. The van der Waals surface area contributed by atoms with Crippen LogP contribution in [0, 0.1) is 5.92 Å². The molecule has 0 unspecified atom stereocenters. The number of nitrogens with one attached hydrogen (secondary N) is 1. The van der Waals surface area contributed by atoms with Gasteiger partial charge in [-0.3, -0.25) is 9.36 Å². The number of aromatic nitrogens is 2. The summed E-state index contributed by atoms with van der Waals surface area (Å²) >= 11 is 0. The lowest BCUT2D eigenvalue weighted by Gasteiger charge is -2.30. The smallest absolute Gasteiger partial charge is 0.326 e. The molecular weight excluding hydrogens is 254 g/mol. The van der Waals surface area contributed by atoms with Gasteiger partial charge in [-0.25, -0.2) is 4.79 Å². The van der Waals surface area contributed by atoms with Gasteiger partial charge in [-0.2, -0.15) is 0 Å². The van der Waals surface area contributed by atoms with Crippen molar-refractivity contribution in [3.63, 3.8) is 0 Å². The van der Waals surface area contributed by atoms with Gasteiger partial charge in [0.1, 0.15) is 0 Å². The predicted molar refractivity (Wildman–Crippen MR) is 77.8 cm³/mol. The van der Waals surface area contributed by atoms with Crippen LogP contribution in [-0.4, -0.2) is 33.4 Å². The maximum absolute atomic E-state index is 12.5. The molecule has 1 saturated heterocycles. The van der Waals surface area contributed by atoms with E-state index < -0.39 is 0 Å². The van der Waals surface area contributed by atoms with Crippen LogP contribution in [0.15, 0.2) is 23.0 Å². The second-order valence-electron chi connectivity index (χ2n) is 5.70. The first-order chi connectivity index (χ1) is 9.56. The van der Waals surface area contributed by atoms with Crippen molar-refractivity contribution in [1.29, 1.82) is 0 Å². The Kier molecular flexibility index (Phi) is 3.12. The Labute approximate surface area is 117 Å². The number of rotatable bonds is 1. The summed E-state index contributed by atoms with van der Waals surface area (Å²) in [6, 6.07) is 5.40. The molecule has 0 aliphatic carbocycles. The van der Waals surface area contributed by atoms with E-state index in [1.165, 1.54) is 0 Å². The number of piperidine rings is 1. The van der Waals surface area contributed by atoms with Crippen LogP contribution in [0.1, 0.15) is 30.1 Å². The molecule has 5 heteroatoms. The molecule has 1 N–H and O–H groups in total. The molecule has 20 heavy (non-hydrogen) atoms. The topological polar surface area (TPSA) is 58.1 Å². The summed E-state index contributed by atoms with van der Waals surface area (Å²) in [6.07, 6.45) is 2.13. The number of imidazole rings is 1. The van der Waals surface area contributed by atoms with E-state index >= 15 is 0 Å². The van der Waals surface area contributed by atoms with Crippen molar-refractivity contribution in [2.75, 3.05) is 13.1 Å². The summed E-state index contributed by atoms with van der Waals surface area (Å²) in [5, 5.41) is 0. The van der Waals surface area contributed by atoms with Gasteiger partial charge in [0.05, 0.1) is 11.0 Å². The van der Waals surface area contributed by atoms with Gasteiger partial charge < -0.3 is 9.88 Å². The number of carbonyl (C=O) groups is 1. The van der Waals surface area contributed by atoms with E-state index in [0.29, 0.717) is 17.0 Å². The Morgan fingerprint density at radius 1 is 1.30 bits per heavy atom. The summed E-state index contributed by atoms with van der Waals surface area (Å²) < 4.78 is 1.55. The van der Waals surface area contributed by atoms with E-state index in [4.69, 9.17) is 0 Å². The van der Waals surface area contributed by atoms with Crippen molar-refractivity contribution >= 4 is 16.9 Å². The Morgan fingerprint density at radius 3 is 2.70 bits per heavy atom.